The predicted octanol–water partition coefficient (Wildman–Crippen LogP) is 2.35. The van der Waals surface area contributed by atoms with E-state index < -0.39 is 5.25 Å². The molecule has 4 rings (SSSR count). The lowest BCUT2D eigenvalue weighted by atomic mass is 10.1. The molecule has 1 aromatic carbocycles. The van der Waals surface area contributed by atoms with Crippen molar-refractivity contribution in [1.82, 2.24) is 9.80 Å². The summed E-state index contributed by atoms with van der Waals surface area (Å²) in [5.74, 6) is -0.411. The first kappa shape index (κ1) is 19.0. The second-order valence-electron chi connectivity index (χ2n) is 7.36. The van der Waals surface area contributed by atoms with Gasteiger partial charge < -0.3 is 15.1 Å². The Morgan fingerprint density at radius 2 is 1.68 bits per heavy atom. The lowest BCUT2D eigenvalue weighted by Crippen LogP contribution is -2.27. The summed E-state index contributed by atoms with van der Waals surface area (Å²) < 4.78 is 0. The summed E-state index contributed by atoms with van der Waals surface area (Å²) in [6.45, 7) is 3.48. The van der Waals surface area contributed by atoms with Crippen LogP contribution in [0.3, 0.4) is 0 Å². The molecule has 0 radical (unpaired) electrons. The Bertz CT molecular complexity index is 796. The zero-order chi connectivity index (χ0) is 19.5. The first-order valence-electron chi connectivity index (χ1n) is 9.83. The van der Waals surface area contributed by atoms with E-state index in [1.54, 1.807) is 24.3 Å². The Kier molecular flexibility index (Phi) is 5.66. The van der Waals surface area contributed by atoms with Crippen LogP contribution in [0.4, 0.5) is 5.69 Å². The van der Waals surface area contributed by atoms with Crippen LogP contribution in [-0.4, -0.2) is 64.1 Å². The zero-order valence-electron chi connectivity index (χ0n) is 15.7. The lowest BCUT2D eigenvalue weighted by molar-refractivity contribution is -0.121. The third kappa shape index (κ3) is 4.22. The van der Waals surface area contributed by atoms with Crippen LogP contribution in [0, 0.1) is 0 Å². The first-order valence-corrected chi connectivity index (χ1v) is 10.7. The van der Waals surface area contributed by atoms with E-state index in [0.29, 0.717) is 11.3 Å². The highest BCUT2D eigenvalue weighted by atomic mass is 32.2. The number of nitrogens with one attached hydrogen (secondary N) is 1. The second-order valence-corrected chi connectivity index (χ2v) is 8.53. The molecule has 3 aliphatic rings. The highest BCUT2D eigenvalue weighted by molar-refractivity contribution is 8.15. The molecule has 7 nitrogen and oxygen atoms in total. The van der Waals surface area contributed by atoms with Gasteiger partial charge in [0.05, 0.1) is 0 Å². The molecule has 0 aliphatic carbocycles. The number of benzene rings is 1. The third-order valence-electron chi connectivity index (χ3n) is 5.29. The van der Waals surface area contributed by atoms with Crippen LogP contribution in [0.25, 0.3) is 0 Å². The molecule has 8 heteroatoms. The van der Waals surface area contributed by atoms with E-state index in [0.717, 1.165) is 57.0 Å². The Hall–Kier alpha value is -2.35. The van der Waals surface area contributed by atoms with Gasteiger partial charge in [0.15, 0.2) is 5.17 Å². The van der Waals surface area contributed by atoms with Gasteiger partial charge in [-0.25, -0.2) is 0 Å². The molecule has 3 aliphatic heterocycles. The number of rotatable bonds is 4. The summed E-state index contributed by atoms with van der Waals surface area (Å²) in [7, 11) is 0. The molecule has 2 fully saturated rings. The molecule has 1 N–H and O–H groups in total. The molecule has 3 amide bonds. The molecule has 0 bridgehead atoms. The number of hydrogen-bond acceptors (Lipinski definition) is 5. The predicted molar refractivity (Wildman–Crippen MR) is 109 cm³/mol. The smallest absolute Gasteiger partial charge is 0.262 e. The quantitative estimate of drug-likeness (QED) is 0.839. The van der Waals surface area contributed by atoms with E-state index in [4.69, 9.17) is 0 Å². The van der Waals surface area contributed by atoms with Crippen molar-refractivity contribution >= 4 is 40.3 Å². The van der Waals surface area contributed by atoms with Crippen LogP contribution in [0.1, 0.15) is 42.5 Å². The summed E-state index contributed by atoms with van der Waals surface area (Å²) in [5.41, 5.74) is 1.25. The van der Waals surface area contributed by atoms with E-state index in [1.165, 1.54) is 11.8 Å². The molecule has 0 aromatic heterocycles. The van der Waals surface area contributed by atoms with Gasteiger partial charge in [0.25, 0.3) is 11.8 Å². The number of likely N-dealkylation sites (tertiary alicyclic amines) is 2. The third-order valence-corrected chi connectivity index (χ3v) is 6.50. The first-order chi connectivity index (χ1) is 13.6. The van der Waals surface area contributed by atoms with Gasteiger partial charge in [-0.2, -0.15) is 4.99 Å². The fourth-order valence-electron chi connectivity index (χ4n) is 3.73. The molecule has 1 aromatic rings. The maximum absolute atomic E-state index is 12.4. The van der Waals surface area contributed by atoms with Gasteiger partial charge in [-0.3, -0.25) is 14.4 Å². The highest BCUT2D eigenvalue weighted by Crippen LogP contribution is 2.29. The number of thioether (sulfide) groups is 1. The van der Waals surface area contributed by atoms with Crippen LogP contribution in [0.2, 0.25) is 0 Å². The maximum Gasteiger partial charge on any atom is 0.262 e. The average Bonchev–Trinajstić information content (AvgIpc) is 3.45. The van der Waals surface area contributed by atoms with Gasteiger partial charge in [-0.1, -0.05) is 11.8 Å². The zero-order valence-corrected chi connectivity index (χ0v) is 16.5. The van der Waals surface area contributed by atoms with Crippen LogP contribution in [0.15, 0.2) is 29.3 Å². The molecule has 148 valence electrons. The number of carbonyl (C=O) groups excluding carboxylic acids is 3. The number of hydrogen-bond donors (Lipinski definition) is 1. The summed E-state index contributed by atoms with van der Waals surface area (Å²) in [5, 5.41) is 3.12. The molecule has 0 unspecified atom stereocenters. The van der Waals surface area contributed by atoms with Crippen molar-refractivity contribution in [2.45, 2.75) is 37.4 Å². The van der Waals surface area contributed by atoms with Crippen LogP contribution >= 0.6 is 11.8 Å². The van der Waals surface area contributed by atoms with Gasteiger partial charge >= 0.3 is 0 Å². The van der Waals surface area contributed by atoms with Gasteiger partial charge in [-0.05, 0) is 49.9 Å². The molecule has 1 atom stereocenters. The fraction of sp³-hybridized carbons (Fsp3) is 0.500. The molecule has 3 heterocycles. The summed E-state index contributed by atoms with van der Waals surface area (Å²) >= 11 is 1.39. The Morgan fingerprint density at radius 3 is 2.36 bits per heavy atom. The Balaban J connectivity index is 1.29. The molecular weight excluding hydrogens is 376 g/mol. The molecule has 0 saturated carbocycles. The van der Waals surface area contributed by atoms with Crippen molar-refractivity contribution in [1.29, 1.82) is 0 Å². The molecule has 2 saturated heterocycles. The van der Waals surface area contributed by atoms with Crippen LogP contribution in [0.5, 0.6) is 0 Å². The Labute approximate surface area is 168 Å². The summed E-state index contributed by atoms with van der Waals surface area (Å²) in [6, 6.07) is 6.94. The van der Waals surface area contributed by atoms with Gasteiger partial charge in [-0.15, -0.1) is 0 Å². The SMILES string of the molecule is O=C(C[C@H]1SC(N2CCCC2)=NC1=O)Nc1ccc(C(=O)N2CCCC2)cc1. The summed E-state index contributed by atoms with van der Waals surface area (Å²) in [6.07, 6.45) is 4.45. The normalized spacial score (nSPS) is 21.9. The van der Waals surface area contributed by atoms with E-state index in [9.17, 15) is 14.4 Å². The van der Waals surface area contributed by atoms with E-state index in [1.807, 2.05) is 4.90 Å². The number of nitrogens with zero attached hydrogens (tertiary/aromatic N) is 3. The lowest BCUT2D eigenvalue weighted by Gasteiger charge is -2.16. The van der Waals surface area contributed by atoms with E-state index >= 15 is 0 Å². The van der Waals surface area contributed by atoms with Crippen molar-refractivity contribution in [2.24, 2.45) is 4.99 Å². The second kappa shape index (κ2) is 8.34. The number of carbonyl (C=O) groups is 3. The largest absolute Gasteiger partial charge is 0.351 e. The average molecular weight is 401 g/mol. The van der Waals surface area contributed by atoms with Crippen LogP contribution in [-0.2, 0) is 9.59 Å². The minimum atomic E-state index is -0.452. The van der Waals surface area contributed by atoms with Gasteiger partial charge in [0.2, 0.25) is 5.91 Å². The maximum atomic E-state index is 12.4. The number of amidine groups is 1. The minimum absolute atomic E-state index is 0.0370. The summed E-state index contributed by atoms with van der Waals surface area (Å²) in [4.78, 5) is 44.9. The molecule has 0 spiro atoms. The number of anilines is 1. The van der Waals surface area contributed by atoms with Crippen molar-refractivity contribution in [3.8, 4) is 0 Å². The minimum Gasteiger partial charge on any atom is -0.351 e. The number of aliphatic imine (C=N–C) groups is 1. The van der Waals surface area contributed by atoms with E-state index in [2.05, 4.69) is 15.2 Å². The molecule has 28 heavy (non-hydrogen) atoms. The van der Waals surface area contributed by atoms with E-state index in [-0.39, 0.29) is 24.1 Å². The molecular formula is C20H24N4O3S. The van der Waals surface area contributed by atoms with Crippen molar-refractivity contribution in [2.75, 3.05) is 31.5 Å². The van der Waals surface area contributed by atoms with Crippen molar-refractivity contribution < 1.29 is 14.4 Å². The fourth-order valence-corrected chi connectivity index (χ4v) is 4.85. The standard InChI is InChI=1S/C20H24N4O3S/c25-17(13-16-18(26)22-20(28-16)24-11-3-4-12-24)21-15-7-5-14(6-8-15)19(27)23-9-1-2-10-23/h5-8,16H,1-4,9-13H2,(H,21,25)/t16-/m1/s1. The van der Waals surface area contributed by atoms with Gasteiger partial charge in [0, 0.05) is 43.9 Å². The Morgan fingerprint density at radius 1 is 1.04 bits per heavy atom. The van der Waals surface area contributed by atoms with Crippen LogP contribution < -0.4 is 5.32 Å². The monoisotopic (exact) mass is 400 g/mol. The van der Waals surface area contributed by atoms with Crippen molar-refractivity contribution in [3.05, 3.63) is 29.8 Å². The number of amides is 3. The highest BCUT2D eigenvalue weighted by Gasteiger charge is 2.33. The topological polar surface area (TPSA) is 82.1 Å². The van der Waals surface area contributed by atoms with Gasteiger partial charge in [0.1, 0.15) is 5.25 Å². The van der Waals surface area contributed by atoms with Crippen molar-refractivity contribution in [3.63, 3.8) is 0 Å².